The Balaban J connectivity index is 1.80. The van der Waals surface area contributed by atoms with Gasteiger partial charge < -0.3 is 10.0 Å². The summed E-state index contributed by atoms with van der Waals surface area (Å²) in [5.74, 6) is 0.362. The highest BCUT2D eigenvalue weighted by molar-refractivity contribution is 7.17. The summed E-state index contributed by atoms with van der Waals surface area (Å²) < 4.78 is 1.26. The first-order chi connectivity index (χ1) is 8.72. The predicted molar refractivity (Wildman–Crippen MR) is 76.3 cm³/mol. The van der Waals surface area contributed by atoms with Crippen molar-refractivity contribution in [3.8, 4) is 5.75 Å². The zero-order chi connectivity index (χ0) is 12.5. The van der Waals surface area contributed by atoms with Crippen LogP contribution in [-0.2, 0) is 6.54 Å². The Bertz CT molecular complexity index is 544. The summed E-state index contributed by atoms with van der Waals surface area (Å²) in [6.07, 6.45) is 0. The third-order valence-corrected chi connectivity index (χ3v) is 4.64. The molecule has 0 amide bonds. The molecule has 1 fully saturated rings. The average Bonchev–Trinajstić information content (AvgIpc) is 2.75. The standard InChI is InChI=1S/C14H18N2OS/c1-15-4-6-16(7-5-15)9-11-10-18-14-3-2-12(17)8-13(11)14/h2-3,8,10,17H,4-7,9H2,1H3. The monoisotopic (exact) mass is 262 g/mol. The predicted octanol–water partition coefficient (Wildman–Crippen LogP) is 2.35. The van der Waals surface area contributed by atoms with Gasteiger partial charge in [0.1, 0.15) is 5.75 Å². The molecule has 18 heavy (non-hydrogen) atoms. The molecule has 1 aliphatic heterocycles. The van der Waals surface area contributed by atoms with Crippen LogP contribution in [-0.4, -0.2) is 48.1 Å². The largest absolute Gasteiger partial charge is 0.508 e. The van der Waals surface area contributed by atoms with Crippen LogP contribution in [0.15, 0.2) is 23.6 Å². The fraction of sp³-hybridized carbons (Fsp3) is 0.429. The van der Waals surface area contributed by atoms with E-state index in [9.17, 15) is 5.11 Å². The number of phenolic OH excluding ortho intramolecular Hbond substituents is 1. The van der Waals surface area contributed by atoms with Gasteiger partial charge in [-0.25, -0.2) is 0 Å². The van der Waals surface area contributed by atoms with Crippen LogP contribution in [0.5, 0.6) is 5.75 Å². The van der Waals surface area contributed by atoms with Gasteiger partial charge in [0.15, 0.2) is 0 Å². The normalized spacial score (nSPS) is 18.5. The molecular weight excluding hydrogens is 244 g/mol. The second-order valence-electron chi connectivity index (χ2n) is 5.02. The molecule has 0 saturated carbocycles. The van der Waals surface area contributed by atoms with Crippen LogP contribution >= 0.6 is 11.3 Å². The summed E-state index contributed by atoms with van der Waals surface area (Å²) in [5.41, 5.74) is 1.34. The van der Waals surface area contributed by atoms with Crippen molar-refractivity contribution >= 4 is 21.4 Å². The number of phenols is 1. The molecule has 0 spiro atoms. The third-order valence-electron chi connectivity index (χ3n) is 3.63. The van der Waals surface area contributed by atoms with Crippen molar-refractivity contribution in [2.24, 2.45) is 0 Å². The average molecular weight is 262 g/mol. The first-order valence-electron chi connectivity index (χ1n) is 6.32. The van der Waals surface area contributed by atoms with Crippen molar-refractivity contribution in [1.82, 2.24) is 9.80 Å². The molecular formula is C14H18N2OS. The van der Waals surface area contributed by atoms with Gasteiger partial charge in [-0.15, -0.1) is 11.3 Å². The van der Waals surface area contributed by atoms with Crippen LogP contribution < -0.4 is 0 Å². The SMILES string of the molecule is CN1CCN(Cc2csc3ccc(O)cc23)CC1. The molecule has 96 valence electrons. The number of rotatable bonds is 2. The Kier molecular flexibility index (Phi) is 3.24. The molecule has 1 aromatic carbocycles. The summed E-state index contributed by atoms with van der Waals surface area (Å²) in [6.45, 7) is 5.55. The van der Waals surface area contributed by atoms with E-state index in [1.54, 1.807) is 17.4 Å². The Morgan fingerprint density at radius 1 is 1.22 bits per heavy atom. The van der Waals surface area contributed by atoms with E-state index in [4.69, 9.17) is 0 Å². The molecule has 0 radical (unpaired) electrons. The molecule has 2 aromatic rings. The number of piperazine rings is 1. The van der Waals surface area contributed by atoms with Gasteiger partial charge in [-0.1, -0.05) is 0 Å². The van der Waals surface area contributed by atoms with E-state index in [-0.39, 0.29) is 0 Å². The van der Waals surface area contributed by atoms with Crippen LogP contribution in [0.1, 0.15) is 5.56 Å². The molecule has 1 saturated heterocycles. The van der Waals surface area contributed by atoms with E-state index in [1.807, 2.05) is 12.1 Å². The maximum atomic E-state index is 9.60. The summed E-state index contributed by atoms with van der Waals surface area (Å²) in [6, 6.07) is 5.65. The zero-order valence-electron chi connectivity index (χ0n) is 10.6. The maximum Gasteiger partial charge on any atom is 0.116 e. The van der Waals surface area contributed by atoms with Gasteiger partial charge in [0.2, 0.25) is 0 Å². The molecule has 2 heterocycles. The van der Waals surface area contributed by atoms with Crippen LogP contribution in [0.2, 0.25) is 0 Å². The number of hydrogen-bond donors (Lipinski definition) is 1. The summed E-state index contributed by atoms with van der Waals surface area (Å²) in [5, 5.41) is 13.0. The number of aromatic hydroxyl groups is 1. The molecule has 4 heteroatoms. The van der Waals surface area contributed by atoms with Gasteiger partial charge in [-0.3, -0.25) is 4.90 Å². The van der Waals surface area contributed by atoms with Crippen molar-refractivity contribution in [2.45, 2.75) is 6.54 Å². The fourth-order valence-corrected chi connectivity index (χ4v) is 3.37. The van der Waals surface area contributed by atoms with Gasteiger partial charge in [0.25, 0.3) is 0 Å². The lowest BCUT2D eigenvalue weighted by Gasteiger charge is -2.32. The number of fused-ring (bicyclic) bond motifs is 1. The smallest absolute Gasteiger partial charge is 0.116 e. The number of likely N-dealkylation sites (N-methyl/N-ethyl adjacent to an activating group) is 1. The maximum absolute atomic E-state index is 9.60. The first-order valence-corrected chi connectivity index (χ1v) is 7.20. The number of nitrogens with zero attached hydrogens (tertiary/aromatic N) is 2. The Hall–Kier alpha value is -1.10. The van der Waals surface area contributed by atoms with E-state index in [0.29, 0.717) is 5.75 Å². The van der Waals surface area contributed by atoms with E-state index >= 15 is 0 Å². The van der Waals surface area contributed by atoms with Gasteiger partial charge in [0, 0.05) is 42.8 Å². The summed E-state index contributed by atoms with van der Waals surface area (Å²) >= 11 is 1.76. The van der Waals surface area contributed by atoms with Crippen molar-refractivity contribution in [1.29, 1.82) is 0 Å². The Morgan fingerprint density at radius 2 is 2.00 bits per heavy atom. The first kappa shape index (κ1) is 12.0. The lowest BCUT2D eigenvalue weighted by atomic mass is 10.1. The Morgan fingerprint density at radius 3 is 2.78 bits per heavy atom. The second-order valence-corrected chi connectivity index (χ2v) is 5.93. The lowest BCUT2D eigenvalue weighted by molar-refractivity contribution is 0.148. The molecule has 0 unspecified atom stereocenters. The highest BCUT2D eigenvalue weighted by Crippen LogP contribution is 2.30. The van der Waals surface area contributed by atoms with Crippen LogP contribution in [0.3, 0.4) is 0 Å². The van der Waals surface area contributed by atoms with Gasteiger partial charge in [-0.05, 0) is 36.2 Å². The topological polar surface area (TPSA) is 26.7 Å². The van der Waals surface area contributed by atoms with Crippen molar-refractivity contribution in [3.63, 3.8) is 0 Å². The van der Waals surface area contributed by atoms with E-state index in [0.717, 1.165) is 32.7 Å². The number of benzene rings is 1. The molecule has 1 aromatic heterocycles. The minimum absolute atomic E-state index is 0.362. The quantitative estimate of drug-likeness (QED) is 0.900. The number of hydrogen-bond acceptors (Lipinski definition) is 4. The molecule has 3 nitrogen and oxygen atoms in total. The minimum Gasteiger partial charge on any atom is -0.508 e. The second kappa shape index (κ2) is 4.88. The van der Waals surface area contributed by atoms with Crippen LogP contribution in [0.25, 0.3) is 10.1 Å². The van der Waals surface area contributed by atoms with Crippen LogP contribution in [0, 0.1) is 0 Å². The molecule has 0 aliphatic carbocycles. The zero-order valence-corrected chi connectivity index (χ0v) is 11.4. The van der Waals surface area contributed by atoms with E-state index < -0.39 is 0 Å². The molecule has 3 rings (SSSR count). The Labute approximate surface area is 111 Å². The van der Waals surface area contributed by atoms with Crippen molar-refractivity contribution < 1.29 is 5.11 Å². The van der Waals surface area contributed by atoms with Crippen molar-refractivity contribution in [2.75, 3.05) is 33.2 Å². The van der Waals surface area contributed by atoms with Gasteiger partial charge >= 0.3 is 0 Å². The third kappa shape index (κ3) is 2.36. The van der Waals surface area contributed by atoms with Gasteiger partial charge in [-0.2, -0.15) is 0 Å². The lowest BCUT2D eigenvalue weighted by Crippen LogP contribution is -2.43. The summed E-state index contributed by atoms with van der Waals surface area (Å²) in [4.78, 5) is 4.86. The number of thiophene rings is 1. The molecule has 0 atom stereocenters. The van der Waals surface area contributed by atoms with E-state index in [1.165, 1.54) is 15.6 Å². The van der Waals surface area contributed by atoms with E-state index in [2.05, 4.69) is 22.2 Å². The van der Waals surface area contributed by atoms with Crippen molar-refractivity contribution in [3.05, 3.63) is 29.1 Å². The molecule has 0 bridgehead atoms. The highest BCUT2D eigenvalue weighted by Gasteiger charge is 2.15. The van der Waals surface area contributed by atoms with Gasteiger partial charge in [0.05, 0.1) is 0 Å². The van der Waals surface area contributed by atoms with Crippen LogP contribution in [0.4, 0.5) is 0 Å². The minimum atomic E-state index is 0.362. The summed E-state index contributed by atoms with van der Waals surface area (Å²) in [7, 11) is 2.18. The highest BCUT2D eigenvalue weighted by atomic mass is 32.1. The molecule has 1 N–H and O–H groups in total. The fourth-order valence-electron chi connectivity index (χ4n) is 2.44. The molecule has 1 aliphatic rings.